The molecule has 2 rings (SSSR count). The second-order valence-electron chi connectivity index (χ2n) is 6.38. The van der Waals surface area contributed by atoms with E-state index in [1.807, 2.05) is 13.8 Å². The van der Waals surface area contributed by atoms with E-state index in [9.17, 15) is 9.90 Å². The molecule has 0 aromatic carbocycles. The fraction of sp³-hybridized carbons (Fsp3) is 0.929. The molecule has 0 saturated carbocycles. The Hall–Kier alpha value is -0.650. The molecule has 2 saturated heterocycles. The van der Waals surface area contributed by atoms with Crippen LogP contribution in [0.15, 0.2) is 0 Å². The summed E-state index contributed by atoms with van der Waals surface area (Å²) in [5.74, 6) is 0.337. The summed E-state index contributed by atoms with van der Waals surface area (Å²) in [6.45, 7) is 7.11. The first kappa shape index (κ1) is 14.8. The lowest BCUT2D eigenvalue weighted by molar-refractivity contribution is -0.177. The average molecular weight is 270 g/mol. The lowest BCUT2D eigenvalue weighted by Crippen LogP contribution is -2.69. The van der Waals surface area contributed by atoms with E-state index >= 15 is 0 Å². The molecule has 0 aliphatic carbocycles. The Morgan fingerprint density at radius 2 is 1.95 bits per heavy atom. The molecule has 5 nitrogen and oxygen atoms in total. The number of β-amino-alcohol motifs (C(OH)–C–C–N with tert-alkyl or cyclic N) is 1. The van der Waals surface area contributed by atoms with Gasteiger partial charge in [-0.05, 0) is 31.8 Å². The molecule has 0 unspecified atom stereocenters. The van der Waals surface area contributed by atoms with Crippen LogP contribution in [0.5, 0.6) is 0 Å². The number of carbonyl (C=O) groups excluding carboxylic acids is 1. The normalized spacial score (nSPS) is 25.2. The molecule has 0 atom stereocenters. The zero-order valence-electron chi connectivity index (χ0n) is 12.2. The van der Waals surface area contributed by atoms with Gasteiger partial charge in [0.25, 0.3) is 0 Å². The van der Waals surface area contributed by atoms with Gasteiger partial charge in [0.15, 0.2) is 0 Å². The third-order valence-corrected chi connectivity index (χ3v) is 4.73. The molecule has 0 bridgehead atoms. The van der Waals surface area contributed by atoms with Crippen LogP contribution in [0.3, 0.4) is 0 Å². The number of nitrogens with one attached hydrogen (secondary N) is 1. The number of ether oxygens (including phenoxy) is 1. The monoisotopic (exact) mass is 270 g/mol. The number of methoxy groups -OCH3 is 1. The molecule has 0 spiro atoms. The fourth-order valence-electron chi connectivity index (χ4n) is 3.06. The van der Waals surface area contributed by atoms with Crippen molar-refractivity contribution in [3.05, 3.63) is 0 Å². The summed E-state index contributed by atoms with van der Waals surface area (Å²) in [5, 5.41) is 13.6. The molecule has 2 heterocycles. The van der Waals surface area contributed by atoms with Crippen molar-refractivity contribution in [3.63, 3.8) is 0 Å². The summed E-state index contributed by atoms with van der Waals surface area (Å²) in [4.78, 5) is 14.5. The summed E-state index contributed by atoms with van der Waals surface area (Å²) >= 11 is 0. The van der Waals surface area contributed by atoms with Gasteiger partial charge in [-0.25, -0.2) is 0 Å². The predicted molar refractivity (Wildman–Crippen MR) is 72.8 cm³/mol. The summed E-state index contributed by atoms with van der Waals surface area (Å²) in [7, 11) is 1.65. The maximum Gasteiger partial charge on any atom is 0.231 e. The summed E-state index contributed by atoms with van der Waals surface area (Å²) in [6, 6.07) is 0. The van der Waals surface area contributed by atoms with Gasteiger partial charge in [-0.1, -0.05) is 13.8 Å². The molecule has 2 N–H and O–H groups in total. The van der Waals surface area contributed by atoms with Crippen LogP contribution in [0.4, 0.5) is 0 Å². The molecule has 110 valence electrons. The fourth-order valence-corrected chi connectivity index (χ4v) is 3.06. The topological polar surface area (TPSA) is 61.8 Å². The molecule has 1 amide bonds. The number of carbonyl (C=O) groups is 1. The van der Waals surface area contributed by atoms with Crippen molar-refractivity contribution in [1.82, 2.24) is 10.2 Å². The third kappa shape index (κ3) is 2.64. The van der Waals surface area contributed by atoms with Crippen molar-refractivity contribution in [2.45, 2.75) is 32.3 Å². The van der Waals surface area contributed by atoms with Crippen molar-refractivity contribution in [3.8, 4) is 0 Å². The largest absolute Gasteiger partial charge is 0.386 e. The second-order valence-corrected chi connectivity index (χ2v) is 6.38. The van der Waals surface area contributed by atoms with Crippen LogP contribution in [0, 0.1) is 11.3 Å². The van der Waals surface area contributed by atoms with E-state index in [0.29, 0.717) is 19.7 Å². The number of piperidine rings is 1. The van der Waals surface area contributed by atoms with Crippen molar-refractivity contribution in [2.75, 3.05) is 39.9 Å². The molecule has 2 aliphatic rings. The van der Waals surface area contributed by atoms with Crippen LogP contribution >= 0.6 is 0 Å². The molecular formula is C14H26N2O3. The third-order valence-electron chi connectivity index (χ3n) is 4.73. The van der Waals surface area contributed by atoms with E-state index in [1.54, 1.807) is 12.0 Å². The lowest BCUT2D eigenvalue weighted by Gasteiger charge is -2.52. The maximum atomic E-state index is 12.7. The van der Waals surface area contributed by atoms with Gasteiger partial charge in [-0.15, -0.1) is 0 Å². The molecule has 5 heteroatoms. The Morgan fingerprint density at radius 1 is 1.37 bits per heavy atom. The Kier molecular flexibility index (Phi) is 4.18. The molecular weight excluding hydrogens is 244 g/mol. The first-order chi connectivity index (χ1) is 8.93. The predicted octanol–water partition coefficient (Wildman–Crippen LogP) is 0.232. The number of rotatable bonds is 4. The molecule has 0 aromatic heterocycles. The van der Waals surface area contributed by atoms with Gasteiger partial charge >= 0.3 is 0 Å². The van der Waals surface area contributed by atoms with Crippen LogP contribution in [-0.2, 0) is 9.53 Å². The lowest BCUT2D eigenvalue weighted by atomic mass is 9.75. The minimum absolute atomic E-state index is 0.154. The van der Waals surface area contributed by atoms with E-state index in [4.69, 9.17) is 4.74 Å². The highest BCUT2D eigenvalue weighted by atomic mass is 16.5. The van der Waals surface area contributed by atoms with Gasteiger partial charge in [0.1, 0.15) is 5.60 Å². The smallest absolute Gasteiger partial charge is 0.231 e. The number of nitrogens with zero attached hydrogens (tertiary/aromatic N) is 1. The minimum Gasteiger partial charge on any atom is -0.386 e. The number of hydrogen-bond acceptors (Lipinski definition) is 4. The second kappa shape index (κ2) is 5.38. The van der Waals surface area contributed by atoms with E-state index < -0.39 is 11.0 Å². The van der Waals surface area contributed by atoms with E-state index in [2.05, 4.69) is 5.32 Å². The van der Waals surface area contributed by atoms with Crippen LogP contribution in [0.2, 0.25) is 0 Å². The highest BCUT2D eigenvalue weighted by Crippen LogP contribution is 2.37. The molecule has 2 fully saturated rings. The molecule has 0 radical (unpaired) electrons. The number of hydrogen-bond donors (Lipinski definition) is 2. The Morgan fingerprint density at radius 3 is 2.42 bits per heavy atom. The van der Waals surface area contributed by atoms with E-state index in [0.717, 1.165) is 25.9 Å². The zero-order valence-corrected chi connectivity index (χ0v) is 12.2. The standard InChI is InChI=1S/C14H26N2O3/c1-11(2)14(18)8-16(9-14)12(17)13(10-19-3)4-6-15-7-5-13/h11,15,18H,4-10H2,1-3H3. The molecule has 19 heavy (non-hydrogen) atoms. The summed E-state index contributed by atoms with van der Waals surface area (Å²) in [6.07, 6.45) is 1.63. The Labute approximate surface area is 115 Å². The average Bonchev–Trinajstić information content (AvgIpc) is 2.35. The molecule has 2 aliphatic heterocycles. The van der Waals surface area contributed by atoms with Crippen LogP contribution in [-0.4, -0.2) is 61.4 Å². The summed E-state index contributed by atoms with van der Waals surface area (Å²) < 4.78 is 5.29. The van der Waals surface area contributed by atoms with Gasteiger partial charge < -0.3 is 20.1 Å². The maximum absolute atomic E-state index is 12.7. The first-order valence-corrected chi connectivity index (χ1v) is 7.15. The highest BCUT2D eigenvalue weighted by molar-refractivity contribution is 5.84. The van der Waals surface area contributed by atoms with Crippen LogP contribution in [0.1, 0.15) is 26.7 Å². The van der Waals surface area contributed by atoms with Crippen molar-refractivity contribution >= 4 is 5.91 Å². The molecule has 0 aromatic rings. The van der Waals surface area contributed by atoms with Gasteiger partial charge in [0, 0.05) is 7.11 Å². The van der Waals surface area contributed by atoms with E-state index in [1.165, 1.54) is 0 Å². The van der Waals surface area contributed by atoms with Crippen molar-refractivity contribution in [2.24, 2.45) is 11.3 Å². The summed E-state index contributed by atoms with van der Waals surface area (Å²) in [5.41, 5.74) is -1.09. The number of aliphatic hydroxyl groups is 1. The quantitative estimate of drug-likeness (QED) is 0.768. The van der Waals surface area contributed by atoms with E-state index in [-0.39, 0.29) is 11.8 Å². The Bertz CT molecular complexity index is 326. The van der Waals surface area contributed by atoms with Crippen LogP contribution in [0.25, 0.3) is 0 Å². The van der Waals surface area contributed by atoms with Crippen molar-refractivity contribution < 1.29 is 14.6 Å². The number of amides is 1. The SMILES string of the molecule is COCC1(C(=O)N2CC(O)(C(C)C)C2)CCNCC1. The van der Waals surface area contributed by atoms with Crippen LogP contribution < -0.4 is 5.32 Å². The first-order valence-electron chi connectivity index (χ1n) is 7.15. The zero-order chi connectivity index (χ0) is 14.1. The number of likely N-dealkylation sites (tertiary alicyclic amines) is 1. The minimum atomic E-state index is -0.698. The van der Waals surface area contributed by atoms with Gasteiger partial charge in [-0.2, -0.15) is 0 Å². The van der Waals surface area contributed by atoms with Gasteiger partial charge in [-0.3, -0.25) is 4.79 Å². The van der Waals surface area contributed by atoms with Gasteiger partial charge in [0.2, 0.25) is 5.91 Å². The van der Waals surface area contributed by atoms with Gasteiger partial charge in [0.05, 0.1) is 25.1 Å². The highest BCUT2D eigenvalue weighted by Gasteiger charge is 2.51. The Balaban J connectivity index is 2.02. The van der Waals surface area contributed by atoms with Crippen molar-refractivity contribution in [1.29, 1.82) is 0 Å².